The normalized spacial score (nSPS) is 21.6. The van der Waals surface area contributed by atoms with Crippen LogP contribution >= 0.6 is 11.6 Å². The van der Waals surface area contributed by atoms with Crippen molar-refractivity contribution in [3.8, 4) is 5.75 Å². The van der Waals surface area contributed by atoms with Crippen LogP contribution in [0.4, 0.5) is 4.39 Å². The van der Waals surface area contributed by atoms with Crippen molar-refractivity contribution in [3.05, 3.63) is 64.4 Å². The average molecular weight is 278 g/mol. The van der Waals surface area contributed by atoms with Crippen molar-refractivity contribution in [3.63, 3.8) is 0 Å². The third-order valence-electron chi connectivity index (χ3n) is 3.33. The summed E-state index contributed by atoms with van der Waals surface area (Å²) in [5, 5.41) is 0.641. The molecule has 0 fully saturated rings. The Hall–Kier alpha value is -1.58. The van der Waals surface area contributed by atoms with Gasteiger partial charge in [-0.25, -0.2) is 4.39 Å². The van der Waals surface area contributed by atoms with Crippen LogP contribution in [0.15, 0.2) is 42.5 Å². The molecule has 0 spiro atoms. The molecule has 2 aromatic carbocycles. The zero-order chi connectivity index (χ0) is 13.4. The van der Waals surface area contributed by atoms with E-state index in [1.54, 1.807) is 12.1 Å². The molecule has 3 rings (SSSR count). The summed E-state index contributed by atoms with van der Waals surface area (Å²) in [5.41, 5.74) is 7.85. The molecular formula is C15H13ClFNO. The molecule has 19 heavy (non-hydrogen) atoms. The largest absolute Gasteiger partial charge is 0.485 e. The molecule has 0 saturated heterocycles. The first-order chi connectivity index (χ1) is 9.13. The van der Waals surface area contributed by atoms with Gasteiger partial charge in [0.05, 0.1) is 0 Å². The van der Waals surface area contributed by atoms with Crippen LogP contribution in [0.5, 0.6) is 5.75 Å². The fraction of sp³-hybridized carbons (Fsp3) is 0.200. The van der Waals surface area contributed by atoms with E-state index in [-0.39, 0.29) is 18.0 Å². The first-order valence-corrected chi connectivity index (χ1v) is 6.48. The van der Waals surface area contributed by atoms with Gasteiger partial charge >= 0.3 is 0 Å². The van der Waals surface area contributed by atoms with Crippen LogP contribution in [0.1, 0.15) is 29.7 Å². The fourth-order valence-electron chi connectivity index (χ4n) is 2.39. The van der Waals surface area contributed by atoms with E-state index in [0.717, 1.165) is 16.9 Å². The third-order valence-corrected chi connectivity index (χ3v) is 3.56. The molecular weight excluding hydrogens is 265 g/mol. The van der Waals surface area contributed by atoms with E-state index in [1.807, 2.05) is 18.2 Å². The lowest BCUT2D eigenvalue weighted by Crippen LogP contribution is -2.24. The molecule has 0 aliphatic carbocycles. The molecule has 0 saturated carbocycles. The van der Waals surface area contributed by atoms with Crippen LogP contribution in [0.2, 0.25) is 5.02 Å². The quantitative estimate of drug-likeness (QED) is 0.855. The van der Waals surface area contributed by atoms with Gasteiger partial charge in [0.1, 0.15) is 17.7 Å². The maximum Gasteiger partial charge on any atom is 0.126 e. The summed E-state index contributed by atoms with van der Waals surface area (Å²) in [5.74, 6) is 0.453. The Balaban J connectivity index is 1.95. The van der Waals surface area contributed by atoms with Crippen molar-refractivity contribution in [2.24, 2.45) is 5.73 Å². The molecule has 1 heterocycles. The molecule has 0 aromatic heterocycles. The second kappa shape index (κ2) is 4.83. The minimum Gasteiger partial charge on any atom is -0.485 e. The van der Waals surface area contributed by atoms with Crippen molar-refractivity contribution in [2.75, 3.05) is 0 Å². The lowest BCUT2D eigenvalue weighted by Gasteiger charge is -2.30. The van der Waals surface area contributed by atoms with E-state index >= 15 is 0 Å². The standard InChI is InChI=1S/C15H13ClFNO/c16-10-4-5-14-12(7-10)13(18)8-15(19-14)9-2-1-3-11(17)6-9/h1-7,13,15H,8,18H2. The van der Waals surface area contributed by atoms with Crippen molar-refractivity contribution < 1.29 is 9.13 Å². The Morgan fingerprint density at radius 1 is 1.21 bits per heavy atom. The van der Waals surface area contributed by atoms with Crippen LogP contribution in [0.25, 0.3) is 0 Å². The van der Waals surface area contributed by atoms with Crippen LogP contribution < -0.4 is 10.5 Å². The zero-order valence-corrected chi connectivity index (χ0v) is 10.9. The molecule has 2 aromatic rings. The lowest BCUT2D eigenvalue weighted by molar-refractivity contribution is 0.161. The number of nitrogens with two attached hydrogens (primary N) is 1. The molecule has 2 unspecified atom stereocenters. The Labute approximate surface area is 115 Å². The van der Waals surface area contributed by atoms with E-state index < -0.39 is 0 Å². The maximum atomic E-state index is 13.3. The highest BCUT2D eigenvalue weighted by atomic mass is 35.5. The summed E-state index contributed by atoms with van der Waals surface area (Å²) in [7, 11) is 0. The summed E-state index contributed by atoms with van der Waals surface area (Å²) in [6.45, 7) is 0. The lowest BCUT2D eigenvalue weighted by atomic mass is 9.93. The summed E-state index contributed by atoms with van der Waals surface area (Å²) in [4.78, 5) is 0. The number of rotatable bonds is 1. The molecule has 1 aliphatic rings. The van der Waals surface area contributed by atoms with Gasteiger partial charge in [0, 0.05) is 23.0 Å². The molecule has 1 aliphatic heterocycles. The van der Waals surface area contributed by atoms with Gasteiger partial charge in [-0.05, 0) is 35.9 Å². The van der Waals surface area contributed by atoms with Gasteiger partial charge in [-0.2, -0.15) is 0 Å². The van der Waals surface area contributed by atoms with Gasteiger partial charge in [0.15, 0.2) is 0 Å². The van der Waals surface area contributed by atoms with E-state index in [2.05, 4.69) is 0 Å². The molecule has 98 valence electrons. The van der Waals surface area contributed by atoms with Crippen LogP contribution in [0.3, 0.4) is 0 Å². The van der Waals surface area contributed by atoms with Crippen molar-refractivity contribution in [1.29, 1.82) is 0 Å². The molecule has 4 heteroatoms. The smallest absolute Gasteiger partial charge is 0.126 e. The number of hydrogen-bond acceptors (Lipinski definition) is 2. The van der Waals surface area contributed by atoms with Gasteiger partial charge in [0.25, 0.3) is 0 Å². The van der Waals surface area contributed by atoms with Gasteiger partial charge in [-0.1, -0.05) is 23.7 Å². The Bertz CT molecular complexity index is 617. The van der Waals surface area contributed by atoms with Crippen molar-refractivity contribution in [1.82, 2.24) is 0 Å². The van der Waals surface area contributed by atoms with Crippen molar-refractivity contribution in [2.45, 2.75) is 18.6 Å². The van der Waals surface area contributed by atoms with E-state index in [9.17, 15) is 4.39 Å². The minimum absolute atomic E-state index is 0.157. The van der Waals surface area contributed by atoms with E-state index in [0.29, 0.717) is 11.4 Å². The highest BCUT2D eigenvalue weighted by Crippen LogP contribution is 2.40. The van der Waals surface area contributed by atoms with Crippen LogP contribution in [-0.4, -0.2) is 0 Å². The van der Waals surface area contributed by atoms with Gasteiger partial charge in [-0.3, -0.25) is 0 Å². The molecule has 2 nitrogen and oxygen atoms in total. The molecule has 0 amide bonds. The third kappa shape index (κ3) is 2.44. The number of halogens is 2. The first kappa shape index (κ1) is 12.5. The predicted octanol–water partition coefficient (Wildman–Crippen LogP) is 4.00. The summed E-state index contributed by atoms with van der Waals surface area (Å²) in [6, 6.07) is 11.7. The second-order valence-corrected chi connectivity index (χ2v) is 5.12. The Morgan fingerprint density at radius 3 is 2.84 bits per heavy atom. The van der Waals surface area contributed by atoms with Crippen LogP contribution in [0, 0.1) is 5.82 Å². The SMILES string of the molecule is NC1CC(c2cccc(F)c2)Oc2ccc(Cl)cc21. The van der Waals surface area contributed by atoms with Crippen molar-refractivity contribution >= 4 is 11.6 Å². The van der Waals surface area contributed by atoms with Gasteiger partial charge in [0.2, 0.25) is 0 Å². The number of ether oxygens (including phenoxy) is 1. The highest BCUT2D eigenvalue weighted by molar-refractivity contribution is 6.30. The molecule has 2 N–H and O–H groups in total. The van der Waals surface area contributed by atoms with Gasteiger partial charge < -0.3 is 10.5 Å². The minimum atomic E-state index is -0.267. The zero-order valence-electron chi connectivity index (χ0n) is 10.1. The predicted molar refractivity (Wildman–Crippen MR) is 72.8 cm³/mol. The number of hydrogen-bond donors (Lipinski definition) is 1. The molecule has 2 atom stereocenters. The van der Waals surface area contributed by atoms with Crippen LogP contribution in [-0.2, 0) is 0 Å². The summed E-state index contributed by atoms with van der Waals surface area (Å²) >= 11 is 5.96. The average Bonchev–Trinajstić information content (AvgIpc) is 2.39. The van der Waals surface area contributed by atoms with Gasteiger partial charge in [-0.15, -0.1) is 0 Å². The molecule has 0 bridgehead atoms. The Kier molecular flexibility index (Phi) is 3.17. The Morgan fingerprint density at radius 2 is 2.05 bits per heavy atom. The highest BCUT2D eigenvalue weighted by Gasteiger charge is 2.27. The monoisotopic (exact) mass is 277 g/mol. The maximum absolute atomic E-state index is 13.3. The number of benzene rings is 2. The molecule has 0 radical (unpaired) electrons. The topological polar surface area (TPSA) is 35.2 Å². The van der Waals surface area contributed by atoms with E-state index in [1.165, 1.54) is 12.1 Å². The summed E-state index contributed by atoms with van der Waals surface area (Å²) < 4.78 is 19.2. The fourth-order valence-corrected chi connectivity index (χ4v) is 2.57. The first-order valence-electron chi connectivity index (χ1n) is 6.10. The summed E-state index contributed by atoms with van der Waals surface area (Å²) in [6.07, 6.45) is 0.385. The number of fused-ring (bicyclic) bond motifs is 1. The second-order valence-electron chi connectivity index (χ2n) is 4.69. The van der Waals surface area contributed by atoms with E-state index in [4.69, 9.17) is 22.1 Å².